The second-order valence-corrected chi connectivity index (χ2v) is 5.96. The first-order valence-electron chi connectivity index (χ1n) is 4.92. The van der Waals surface area contributed by atoms with Gasteiger partial charge in [0.2, 0.25) is 10.0 Å². The van der Waals surface area contributed by atoms with Gasteiger partial charge in [0, 0.05) is 22.8 Å². The van der Waals surface area contributed by atoms with Crippen molar-refractivity contribution in [2.24, 2.45) is 0 Å². The third-order valence-corrected chi connectivity index (χ3v) is 4.11. The van der Waals surface area contributed by atoms with Gasteiger partial charge in [0.15, 0.2) is 0 Å². The van der Waals surface area contributed by atoms with E-state index in [1.807, 2.05) is 0 Å². The van der Waals surface area contributed by atoms with E-state index in [1.165, 1.54) is 13.8 Å². The predicted molar refractivity (Wildman–Crippen MR) is 67.4 cm³/mol. The number of rotatable bonds is 5. The summed E-state index contributed by atoms with van der Waals surface area (Å²) in [6.07, 6.45) is 0. The fourth-order valence-electron chi connectivity index (χ4n) is 1.60. The minimum atomic E-state index is -3.82. The molecule has 0 aliphatic heterocycles. The molecule has 100 valence electrons. The Balaban J connectivity index is 3.25. The van der Waals surface area contributed by atoms with Crippen LogP contribution >= 0.6 is 11.6 Å². The van der Waals surface area contributed by atoms with Gasteiger partial charge >= 0.3 is 5.97 Å². The van der Waals surface area contributed by atoms with Crippen molar-refractivity contribution < 1.29 is 18.3 Å². The van der Waals surface area contributed by atoms with Crippen molar-refractivity contribution in [1.29, 1.82) is 0 Å². The first-order chi connectivity index (χ1) is 8.16. The molecule has 0 spiro atoms. The van der Waals surface area contributed by atoms with Crippen LogP contribution < -0.4 is 4.72 Å². The average Bonchev–Trinajstić information content (AvgIpc) is 2.52. The zero-order valence-electron chi connectivity index (χ0n) is 9.87. The van der Waals surface area contributed by atoms with E-state index in [4.69, 9.17) is 16.7 Å². The highest BCUT2D eigenvalue weighted by atomic mass is 35.5. The number of nitrogens with one attached hydrogen (secondary N) is 2. The van der Waals surface area contributed by atoms with Crippen molar-refractivity contribution in [3.63, 3.8) is 0 Å². The van der Waals surface area contributed by atoms with E-state index >= 15 is 0 Å². The van der Waals surface area contributed by atoms with Gasteiger partial charge in [0.05, 0.1) is 0 Å². The molecular formula is C10H13ClN2O4S. The van der Waals surface area contributed by atoms with Gasteiger partial charge in [-0.15, -0.1) is 0 Å². The van der Waals surface area contributed by atoms with Crippen LogP contribution in [-0.2, 0) is 10.0 Å². The molecule has 0 amide bonds. The van der Waals surface area contributed by atoms with Gasteiger partial charge in [0.25, 0.3) is 0 Å². The summed E-state index contributed by atoms with van der Waals surface area (Å²) in [6, 6.07) is 0. The van der Waals surface area contributed by atoms with E-state index in [-0.39, 0.29) is 33.4 Å². The van der Waals surface area contributed by atoms with Crippen molar-refractivity contribution in [3.8, 4) is 0 Å². The smallest absolute Gasteiger partial charge is 0.352 e. The number of hydrogen-bond acceptors (Lipinski definition) is 3. The molecule has 3 N–H and O–H groups in total. The van der Waals surface area contributed by atoms with Crippen molar-refractivity contribution in [2.45, 2.75) is 18.7 Å². The largest absolute Gasteiger partial charge is 0.477 e. The summed E-state index contributed by atoms with van der Waals surface area (Å²) >= 11 is 5.48. The number of sulfonamides is 1. The minimum Gasteiger partial charge on any atom is -0.477 e. The van der Waals surface area contributed by atoms with Crippen molar-refractivity contribution in [3.05, 3.63) is 28.6 Å². The van der Waals surface area contributed by atoms with Gasteiger partial charge in [-0.05, 0) is 13.8 Å². The van der Waals surface area contributed by atoms with Crippen molar-refractivity contribution >= 4 is 27.6 Å². The summed E-state index contributed by atoms with van der Waals surface area (Å²) in [5, 5.41) is 9.05. The van der Waals surface area contributed by atoms with Gasteiger partial charge in [-0.25, -0.2) is 17.9 Å². The summed E-state index contributed by atoms with van der Waals surface area (Å²) in [5.41, 5.74) is 0.280. The van der Waals surface area contributed by atoms with Gasteiger partial charge in [-0.2, -0.15) is 0 Å². The van der Waals surface area contributed by atoms with Crippen LogP contribution in [0.3, 0.4) is 0 Å². The van der Waals surface area contributed by atoms with Gasteiger partial charge < -0.3 is 10.1 Å². The number of halogens is 1. The zero-order chi connectivity index (χ0) is 14.1. The quantitative estimate of drug-likeness (QED) is 0.763. The van der Waals surface area contributed by atoms with E-state index in [2.05, 4.69) is 16.3 Å². The molecule has 0 unspecified atom stereocenters. The Labute approximate surface area is 110 Å². The first-order valence-corrected chi connectivity index (χ1v) is 6.78. The highest BCUT2D eigenvalue weighted by molar-refractivity contribution is 7.89. The monoisotopic (exact) mass is 292 g/mol. The number of carbonyl (C=O) groups is 1. The summed E-state index contributed by atoms with van der Waals surface area (Å²) in [4.78, 5) is 13.4. The summed E-state index contributed by atoms with van der Waals surface area (Å²) in [5.74, 6) is -1.21. The van der Waals surface area contributed by atoms with Gasteiger partial charge in [0.1, 0.15) is 10.6 Å². The Hall–Kier alpha value is -1.31. The number of aromatic carboxylic acids is 1. The average molecular weight is 293 g/mol. The van der Waals surface area contributed by atoms with E-state index < -0.39 is 16.0 Å². The molecule has 1 rings (SSSR count). The van der Waals surface area contributed by atoms with Gasteiger partial charge in [-0.1, -0.05) is 18.2 Å². The number of hydrogen-bond donors (Lipinski definition) is 3. The maximum Gasteiger partial charge on any atom is 0.352 e. The van der Waals surface area contributed by atoms with Crippen LogP contribution in [0.5, 0.6) is 0 Å². The maximum absolute atomic E-state index is 12.0. The maximum atomic E-state index is 12.0. The van der Waals surface area contributed by atoms with Crippen LogP contribution in [0, 0.1) is 13.8 Å². The number of aryl methyl sites for hydroxylation is 1. The van der Waals surface area contributed by atoms with Crippen LogP contribution in [0.25, 0.3) is 0 Å². The molecule has 0 aliphatic carbocycles. The van der Waals surface area contributed by atoms with Crippen LogP contribution in [0.4, 0.5) is 0 Å². The number of aromatic nitrogens is 1. The molecule has 0 saturated heterocycles. The molecule has 0 atom stereocenters. The molecule has 1 heterocycles. The molecule has 0 saturated carbocycles. The Kier molecular flexibility index (Phi) is 4.20. The molecule has 0 radical (unpaired) electrons. The van der Waals surface area contributed by atoms with Crippen LogP contribution in [0.15, 0.2) is 16.5 Å². The lowest BCUT2D eigenvalue weighted by atomic mass is 10.2. The molecule has 0 fully saturated rings. The molecule has 1 aromatic heterocycles. The third-order valence-electron chi connectivity index (χ3n) is 2.31. The highest BCUT2D eigenvalue weighted by Crippen LogP contribution is 2.23. The van der Waals surface area contributed by atoms with E-state index in [1.54, 1.807) is 0 Å². The zero-order valence-corrected chi connectivity index (χ0v) is 11.4. The normalized spacial score (nSPS) is 11.5. The Morgan fingerprint density at radius 1 is 1.50 bits per heavy atom. The summed E-state index contributed by atoms with van der Waals surface area (Å²) < 4.78 is 26.2. The second-order valence-electron chi connectivity index (χ2n) is 3.73. The summed E-state index contributed by atoms with van der Waals surface area (Å²) in [7, 11) is -3.82. The van der Waals surface area contributed by atoms with Crippen molar-refractivity contribution in [2.75, 3.05) is 6.54 Å². The fourth-order valence-corrected chi connectivity index (χ4v) is 3.21. The number of aromatic amines is 1. The fraction of sp³-hybridized carbons (Fsp3) is 0.300. The Bertz CT molecular complexity index is 604. The number of H-pyrrole nitrogens is 1. The lowest BCUT2D eigenvalue weighted by Crippen LogP contribution is -2.25. The first kappa shape index (κ1) is 14.7. The molecule has 8 heteroatoms. The Morgan fingerprint density at radius 3 is 2.44 bits per heavy atom. The third kappa shape index (κ3) is 2.92. The predicted octanol–water partition coefficient (Wildman–Crippen LogP) is 1.36. The minimum absolute atomic E-state index is 0.0715. The van der Waals surface area contributed by atoms with E-state index in [9.17, 15) is 13.2 Å². The molecular weight excluding hydrogens is 280 g/mol. The lowest BCUT2D eigenvalue weighted by Gasteiger charge is -2.06. The molecule has 0 aromatic carbocycles. The topological polar surface area (TPSA) is 99.3 Å². The van der Waals surface area contributed by atoms with Crippen LogP contribution in [0.1, 0.15) is 21.7 Å². The Morgan fingerprint density at radius 2 is 2.06 bits per heavy atom. The molecule has 18 heavy (non-hydrogen) atoms. The molecule has 1 aromatic rings. The summed E-state index contributed by atoms with van der Waals surface area (Å²) in [6.45, 7) is 6.17. The molecule has 0 aliphatic rings. The van der Waals surface area contributed by atoms with Crippen molar-refractivity contribution in [1.82, 2.24) is 9.71 Å². The molecule has 6 nitrogen and oxygen atoms in total. The highest BCUT2D eigenvalue weighted by Gasteiger charge is 2.25. The van der Waals surface area contributed by atoms with Crippen LogP contribution in [-0.4, -0.2) is 31.0 Å². The van der Waals surface area contributed by atoms with E-state index in [0.717, 1.165) is 0 Å². The number of carboxylic acid groups (broad SMARTS) is 1. The van der Waals surface area contributed by atoms with Gasteiger partial charge in [-0.3, -0.25) is 0 Å². The lowest BCUT2D eigenvalue weighted by molar-refractivity contribution is 0.0690. The standard InChI is InChI=1S/C10H13ClN2O4S/c1-5(11)4-12-18(16,17)9-6(2)8(10(14)15)13-7(9)3/h12-13H,1,4H2,2-3H3,(H,14,15). The van der Waals surface area contributed by atoms with E-state index in [0.29, 0.717) is 0 Å². The number of carboxylic acids is 1. The van der Waals surface area contributed by atoms with Crippen LogP contribution in [0.2, 0.25) is 0 Å². The SMILES string of the molecule is C=C(Cl)CNS(=O)(=O)c1c(C)[nH]c(C(=O)O)c1C. The second kappa shape index (κ2) is 5.13. The molecule has 0 bridgehead atoms.